The number of aliphatic hydroxyl groups excluding tert-OH is 1. The van der Waals surface area contributed by atoms with Gasteiger partial charge in [0.15, 0.2) is 0 Å². The van der Waals surface area contributed by atoms with Crippen LogP contribution in [-0.4, -0.2) is 23.9 Å². The Kier molecular flexibility index (Phi) is 4.74. The molecule has 0 spiro atoms. The molecule has 1 rings (SSSR count). The second-order valence-electron chi connectivity index (χ2n) is 4.20. The van der Waals surface area contributed by atoms with Gasteiger partial charge < -0.3 is 9.84 Å². The number of aliphatic hydroxyl groups is 1. The van der Waals surface area contributed by atoms with E-state index in [1.54, 1.807) is 0 Å². The predicted molar refractivity (Wildman–Crippen MR) is 53.7 cm³/mol. The maximum atomic E-state index is 9.35. The van der Waals surface area contributed by atoms with Crippen LogP contribution in [0.1, 0.15) is 46.0 Å². The Balaban J connectivity index is 2.18. The second kappa shape index (κ2) is 5.61. The van der Waals surface area contributed by atoms with Gasteiger partial charge in [0.1, 0.15) is 0 Å². The van der Waals surface area contributed by atoms with Crippen LogP contribution < -0.4 is 0 Å². The Hall–Kier alpha value is -0.0800. The lowest BCUT2D eigenvalue weighted by Gasteiger charge is -2.29. The van der Waals surface area contributed by atoms with Gasteiger partial charge in [0.05, 0.1) is 18.8 Å². The van der Waals surface area contributed by atoms with Crippen molar-refractivity contribution in [2.24, 2.45) is 5.92 Å². The first-order valence-corrected chi connectivity index (χ1v) is 5.53. The number of rotatable bonds is 4. The maximum absolute atomic E-state index is 9.35. The predicted octanol–water partition coefficient (Wildman–Crippen LogP) is 2.35. The molecule has 0 bridgehead atoms. The molecule has 13 heavy (non-hydrogen) atoms. The van der Waals surface area contributed by atoms with Crippen molar-refractivity contribution in [1.29, 1.82) is 0 Å². The molecule has 1 N–H and O–H groups in total. The molecule has 1 saturated carbocycles. The summed E-state index contributed by atoms with van der Waals surface area (Å²) in [5.74, 6) is 0.679. The summed E-state index contributed by atoms with van der Waals surface area (Å²) in [7, 11) is 0. The third kappa shape index (κ3) is 3.65. The topological polar surface area (TPSA) is 29.5 Å². The molecule has 3 unspecified atom stereocenters. The highest BCUT2D eigenvalue weighted by Gasteiger charge is 2.22. The molecule has 78 valence electrons. The molecule has 0 amide bonds. The highest BCUT2D eigenvalue weighted by Crippen LogP contribution is 2.26. The van der Waals surface area contributed by atoms with Crippen LogP contribution in [0, 0.1) is 5.92 Å². The summed E-state index contributed by atoms with van der Waals surface area (Å²) < 4.78 is 5.70. The fourth-order valence-electron chi connectivity index (χ4n) is 1.88. The van der Waals surface area contributed by atoms with E-state index < -0.39 is 0 Å². The minimum Gasteiger partial charge on any atom is -0.391 e. The van der Waals surface area contributed by atoms with Gasteiger partial charge in [-0.1, -0.05) is 26.7 Å². The van der Waals surface area contributed by atoms with Crippen molar-refractivity contribution in [2.75, 3.05) is 6.61 Å². The number of hydrogen-bond acceptors (Lipinski definition) is 2. The molecule has 1 fully saturated rings. The third-order valence-electron chi connectivity index (χ3n) is 3.01. The molecule has 1 aliphatic carbocycles. The molecule has 3 atom stereocenters. The molecule has 2 nitrogen and oxygen atoms in total. The van der Waals surface area contributed by atoms with E-state index in [4.69, 9.17) is 4.74 Å². The average Bonchev–Trinajstić information content (AvgIpc) is 2.16. The number of ether oxygens (including phenoxy) is 1. The van der Waals surface area contributed by atoms with Gasteiger partial charge >= 0.3 is 0 Å². The minimum atomic E-state index is -0.269. The van der Waals surface area contributed by atoms with Crippen LogP contribution in [0.3, 0.4) is 0 Å². The minimum absolute atomic E-state index is 0.269. The smallest absolute Gasteiger partial charge is 0.0771 e. The van der Waals surface area contributed by atoms with E-state index in [9.17, 15) is 5.11 Å². The molecule has 0 saturated heterocycles. The van der Waals surface area contributed by atoms with E-state index in [1.807, 2.05) is 6.92 Å². The molecule has 0 aromatic carbocycles. The molecule has 0 radical (unpaired) electrons. The van der Waals surface area contributed by atoms with Crippen LogP contribution >= 0.6 is 0 Å². The lowest BCUT2D eigenvalue weighted by Crippen LogP contribution is -2.29. The summed E-state index contributed by atoms with van der Waals surface area (Å²) in [5, 5.41) is 9.35. The Morgan fingerprint density at radius 3 is 2.69 bits per heavy atom. The van der Waals surface area contributed by atoms with Crippen LogP contribution in [0.4, 0.5) is 0 Å². The van der Waals surface area contributed by atoms with Gasteiger partial charge in [-0.2, -0.15) is 0 Å². The van der Waals surface area contributed by atoms with Crippen LogP contribution in [0.25, 0.3) is 0 Å². The Morgan fingerprint density at radius 1 is 1.38 bits per heavy atom. The highest BCUT2D eigenvalue weighted by atomic mass is 16.5. The van der Waals surface area contributed by atoms with E-state index in [0.29, 0.717) is 18.6 Å². The quantitative estimate of drug-likeness (QED) is 0.730. The van der Waals surface area contributed by atoms with Gasteiger partial charge in [0.25, 0.3) is 0 Å². The van der Waals surface area contributed by atoms with Crippen molar-refractivity contribution in [3.05, 3.63) is 0 Å². The van der Waals surface area contributed by atoms with E-state index in [2.05, 4.69) is 6.92 Å². The fourth-order valence-corrected chi connectivity index (χ4v) is 1.88. The van der Waals surface area contributed by atoms with Gasteiger partial charge in [-0.3, -0.25) is 0 Å². The van der Waals surface area contributed by atoms with Crippen LogP contribution in [0.2, 0.25) is 0 Å². The van der Waals surface area contributed by atoms with Gasteiger partial charge in [-0.15, -0.1) is 0 Å². The lowest BCUT2D eigenvalue weighted by atomic mass is 9.88. The SMILES string of the molecule is CCC(O)COC1CCCCC1C. The third-order valence-corrected chi connectivity index (χ3v) is 3.01. The fraction of sp³-hybridized carbons (Fsp3) is 1.00. The molecular formula is C11H22O2. The monoisotopic (exact) mass is 186 g/mol. The van der Waals surface area contributed by atoms with Gasteiger partial charge in [0, 0.05) is 0 Å². The zero-order valence-electron chi connectivity index (χ0n) is 8.83. The van der Waals surface area contributed by atoms with Crippen molar-refractivity contribution >= 4 is 0 Å². The van der Waals surface area contributed by atoms with Gasteiger partial charge in [-0.25, -0.2) is 0 Å². The van der Waals surface area contributed by atoms with Crippen molar-refractivity contribution in [3.8, 4) is 0 Å². The summed E-state index contributed by atoms with van der Waals surface area (Å²) in [5.41, 5.74) is 0. The summed E-state index contributed by atoms with van der Waals surface area (Å²) in [4.78, 5) is 0. The van der Waals surface area contributed by atoms with E-state index in [1.165, 1.54) is 25.7 Å². The Bertz CT molecular complexity index is 136. The Morgan fingerprint density at radius 2 is 2.08 bits per heavy atom. The summed E-state index contributed by atoms with van der Waals surface area (Å²) in [6.45, 7) is 4.76. The molecule has 1 aliphatic rings. The average molecular weight is 186 g/mol. The van der Waals surface area contributed by atoms with Crippen molar-refractivity contribution in [1.82, 2.24) is 0 Å². The van der Waals surface area contributed by atoms with Crippen molar-refractivity contribution < 1.29 is 9.84 Å². The molecule has 0 aliphatic heterocycles. The first-order chi connectivity index (χ1) is 6.24. The normalized spacial score (nSPS) is 31.6. The largest absolute Gasteiger partial charge is 0.391 e. The van der Waals surface area contributed by atoms with Crippen LogP contribution in [-0.2, 0) is 4.74 Å². The first kappa shape index (κ1) is 11.0. The molecule has 2 heteroatoms. The second-order valence-corrected chi connectivity index (χ2v) is 4.20. The summed E-state index contributed by atoms with van der Waals surface area (Å²) >= 11 is 0. The molecule has 0 aromatic heterocycles. The van der Waals surface area contributed by atoms with E-state index in [-0.39, 0.29) is 6.10 Å². The molecule has 0 heterocycles. The van der Waals surface area contributed by atoms with Gasteiger partial charge in [0.2, 0.25) is 0 Å². The van der Waals surface area contributed by atoms with Crippen molar-refractivity contribution in [3.63, 3.8) is 0 Å². The van der Waals surface area contributed by atoms with Gasteiger partial charge in [-0.05, 0) is 25.2 Å². The molecular weight excluding hydrogens is 164 g/mol. The maximum Gasteiger partial charge on any atom is 0.0771 e. The number of hydrogen-bond donors (Lipinski definition) is 1. The lowest BCUT2D eigenvalue weighted by molar-refractivity contribution is -0.0464. The molecule has 0 aromatic rings. The van der Waals surface area contributed by atoms with Crippen LogP contribution in [0.15, 0.2) is 0 Å². The van der Waals surface area contributed by atoms with E-state index >= 15 is 0 Å². The summed E-state index contributed by atoms with van der Waals surface area (Å²) in [6.07, 6.45) is 6.02. The zero-order valence-corrected chi connectivity index (χ0v) is 8.83. The first-order valence-electron chi connectivity index (χ1n) is 5.53. The highest BCUT2D eigenvalue weighted by molar-refractivity contribution is 4.72. The Labute approximate surface area is 81.3 Å². The standard InChI is InChI=1S/C11H22O2/c1-3-10(12)8-13-11-7-5-4-6-9(11)2/h9-12H,3-8H2,1-2H3. The zero-order chi connectivity index (χ0) is 9.68. The van der Waals surface area contributed by atoms with Crippen LogP contribution in [0.5, 0.6) is 0 Å². The van der Waals surface area contributed by atoms with Crippen molar-refractivity contribution in [2.45, 2.75) is 58.2 Å². The summed E-state index contributed by atoms with van der Waals surface area (Å²) in [6, 6.07) is 0. The van der Waals surface area contributed by atoms with E-state index in [0.717, 1.165) is 6.42 Å².